The Morgan fingerprint density at radius 3 is 2.27 bits per heavy atom. The van der Waals surface area contributed by atoms with E-state index in [1.54, 1.807) is 37.4 Å². The van der Waals surface area contributed by atoms with Crippen LogP contribution < -0.4 is 4.90 Å². The number of carbonyl (C=O) groups is 1. The van der Waals surface area contributed by atoms with Crippen molar-refractivity contribution in [1.82, 2.24) is 0 Å². The van der Waals surface area contributed by atoms with Gasteiger partial charge in [-0.25, -0.2) is 8.42 Å². The maximum Gasteiger partial charge on any atom is 0.259 e. The lowest BCUT2D eigenvalue weighted by Crippen LogP contribution is -2.26. The van der Waals surface area contributed by atoms with Gasteiger partial charge in [0, 0.05) is 23.5 Å². The van der Waals surface area contributed by atoms with Gasteiger partial charge in [-0.2, -0.15) is 0 Å². The van der Waals surface area contributed by atoms with Crippen LogP contribution in [0.25, 0.3) is 0 Å². The van der Waals surface area contributed by atoms with Crippen molar-refractivity contribution in [3.63, 3.8) is 0 Å². The number of hydrogen-bond donors (Lipinski definition) is 0. The minimum Gasteiger partial charge on any atom is -0.311 e. The highest BCUT2D eigenvalue weighted by Gasteiger charge is 2.17. The van der Waals surface area contributed by atoms with Gasteiger partial charge < -0.3 is 4.90 Å². The van der Waals surface area contributed by atoms with Crippen LogP contribution in [0.15, 0.2) is 51.8 Å². The monoisotopic (exact) mass is 401 g/mol. The Morgan fingerprint density at radius 1 is 1.14 bits per heavy atom. The van der Waals surface area contributed by atoms with Gasteiger partial charge in [-0.3, -0.25) is 4.79 Å². The van der Waals surface area contributed by atoms with Crippen LogP contribution in [0.1, 0.15) is 10.4 Å². The molecule has 4 nitrogen and oxygen atoms in total. The van der Waals surface area contributed by atoms with E-state index in [4.69, 9.17) is 11.6 Å². The molecule has 0 unspecified atom stereocenters. The van der Waals surface area contributed by atoms with E-state index < -0.39 is 9.84 Å². The van der Waals surface area contributed by atoms with Crippen molar-refractivity contribution >= 4 is 49.0 Å². The largest absolute Gasteiger partial charge is 0.311 e. The molecule has 2 aromatic carbocycles. The summed E-state index contributed by atoms with van der Waals surface area (Å²) in [5.41, 5.74) is 0.944. The molecule has 0 fully saturated rings. The molecular weight excluding hydrogens is 390 g/mol. The van der Waals surface area contributed by atoms with Crippen molar-refractivity contribution in [2.75, 3.05) is 18.2 Å². The Balaban J connectivity index is 2.33. The van der Waals surface area contributed by atoms with Crippen LogP contribution in [0.2, 0.25) is 5.02 Å². The first-order valence-corrected chi connectivity index (χ1v) is 9.29. The molecule has 0 radical (unpaired) electrons. The highest BCUT2D eigenvalue weighted by Crippen LogP contribution is 2.25. The normalized spacial score (nSPS) is 11.3. The van der Waals surface area contributed by atoms with E-state index in [2.05, 4.69) is 15.9 Å². The van der Waals surface area contributed by atoms with Crippen LogP contribution in [0.4, 0.5) is 5.69 Å². The summed E-state index contributed by atoms with van der Waals surface area (Å²) >= 11 is 9.37. The van der Waals surface area contributed by atoms with E-state index >= 15 is 0 Å². The minimum absolute atomic E-state index is 0.206. The molecule has 1 amide bonds. The van der Waals surface area contributed by atoms with Gasteiger partial charge in [-0.15, -0.1) is 0 Å². The minimum atomic E-state index is -3.26. The van der Waals surface area contributed by atoms with Crippen LogP contribution in [0.5, 0.6) is 0 Å². The first-order chi connectivity index (χ1) is 10.2. The Hall–Kier alpha value is -1.37. The van der Waals surface area contributed by atoms with Crippen LogP contribution >= 0.6 is 27.5 Å². The van der Waals surface area contributed by atoms with Crippen LogP contribution in [0, 0.1) is 0 Å². The highest BCUT2D eigenvalue weighted by molar-refractivity contribution is 9.10. The van der Waals surface area contributed by atoms with Gasteiger partial charge in [-0.1, -0.05) is 27.5 Å². The summed E-state index contributed by atoms with van der Waals surface area (Å²) in [6.07, 6.45) is 1.14. The highest BCUT2D eigenvalue weighted by atomic mass is 79.9. The lowest BCUT2D eigenvalue weighted by atomic mass is 10.2. The second-order valence-corrected chi connectivity index (χ2v) is 8.09. The summed E-state index contributed by atoms with van der Waals surface area (Å²) in [4.78, 5) is 14.1. The lowest BCUT2D eigenvalue weighted by molar-refractivity contribution is 0.0993. The second-order valence-electron chi connectivity index (χ2n) is 4.75. The zero-order valence-electron chi connectivity index (χ0n) is 11.9. The molecule has 0 aliphatic rings. The molecule has 0 aromatic heterocycles. The number of sulfone groups is 1. The molecule has 0 aliphatic carbocycles. The maximum absolute atomic E-state index is 12.5. The predicted molar refractivity (Wildman–Crippen MR) is 91.4 cm³/mol. The van der Waals surface area contributed by atoms with E-state index in [0.29, 0.717) is 16.3 Å². The Bertz CT molecular complexity index is 819. The molecular formula is C15H13BrClNO3S. The van der Waals surface area contributed by atoms with E-state index in [-0.39, 0.29) is 10.8 Å². The van der Waals surface area contributed by atoms with Gasteiger partial charge in [-0.05, 0) is 42.5 Å². The van der Waals surface area contributed by atoms with Crippen molar-refractivity contribution in [1.29, 1.82) is 0 Å². The number of halogens is 2. The van der Waals surface area contributed by atoms with Gasteiger partial charge in [0.15, 0.2) is 9.84 Å². The molecule has 7 heteroatoms. The van der Waals surface area contributed by atoms with Crippen molar-refractivity contribution in [3.8, 4) is 0 Å². The van der Waals surface area contributed by atoms with Crippen molar-refractivity contribution in [3.05, 3.63) is 57.5 Å². The fourth-order valence-corrected chi connectivity index (χ4v) is 3.07. The number of benzene rings is 2. The summed E-state index contributed by atoms with van der Waals surface area (Å²) in [7, 11) is -1.65. The molecule has 0 heterocycles. The smallest absolute Gasteiger partial charge is 0.259 e. The molecule has 22 heavy (non-hydrogen) atoms. The second kappa shape index (κ2) is 6.40. The van der Waals surface area contributed by atoms with E-state index in [9.17, 15) is 13.2 Å². The van der Waals surface area contributed by atoms with Crippen molar-refractivity contribution in [2.24, 2.45) is 0 Å². The van der Waals surface area contributed by atoms with Crippen molar-refractivity contribution < 1.29 is 13.2 Å². The van der Waals surface area contributed by atoms with Gasteiger partial charge >= 0.3 is 0 Å². The molecule has 0 spiro atoms. The third-order valence-electron chi connectivity index (χ3n) is 3.12. The first-order valence-electron chi connectivity index (χ1n) is 6.23. The first kappa shape index (κ1) is 17.0. The van der Waals surface area contributed by atoms with Gasteiger partial charge in [0.05, 0.1) is 15.5 Å². The average molecular weight is 403 g/mol. The van der Waals surface area contributed by atoms with Crippen LogP contribution in [-0.2, 0) is 9.84 Å². The van der Waals surface area contributed by atoms with E-state index in [1.807, 2.05) is 0 Å². The number of nitrogens with zero attached hydrogens (tertiary/aromatic N) is 1. The third kappa shape index (κ3) is 3.69. The van der Waals surface area contributed by atoms with E-state index in [0.717, 1.165) is 10.7 Å². The molecule has 0 saturated carbocycles. The van der Waals surface area contributed by atoms with E-state index in [1.165, 1.54) is 17.0 Å². The third-order valence-corrected chi connectivity index (χ3v) is 5.07. The lowest BCUT2D eigenvalue weighted by Gasteiger charge is -2.18. The average Bonchev–Trinajstić information content (AvgIpc) is 2.47. The quantitative estimate of drug-likeness (QED) is 0.785. The summed E-state index contributed by atoms with van der Waals surface area (Å²) in [6.45, 7) is 0. The Morgan fingerprint density at radius 2 is 1.73 bits per heavy atom. The van der Waals surface area contributed by atoms with Crippen molar-refractivity contribution in [2.45, 2.75) is 4.90 Å². The molecule has 2 aromatic rings. The number of amides is 1. The topological polar surface area (TPSA) is 54.5 Å². The van der Waals surface area contributed by atoms with Crippen LogP contribution in [0.3, 0.4) is 0 Å². The van der Waals surface area contributed by atoms with Crippen LogP contribution in [-0.4, -0.2) is 27.6 Å². The SMILES string of the molecule is CN(C(=O)c1cc(Br)ccc1Cl)c1ccc(S(C)(=O)=O)cc1. The maximum atomic E-state index is 12.5. The molecule has 0 aliphatic heterocycles. The number of carbonyl (C=O) groups excluding carboxylic acids is 1. The summed E-state index contributed by atoms with van der Waals surface area (Å²) in [5, 5.41) is 0.354. The molecule has 0 atom stereocenters. The number of rotatable bonds is 3. The molecule has 0 bridgehead atoms. The molecule has 2 rings (SSSR count). The standard InChI is InChI=1S/C15H13BrClNO3S/c1-18(11-4-6-12(7-5-11)22(2,20)21)15(19)13-9-10(16)3-8-14(13)17/h3-9H,1-2H3. The van der Waals surface area contributed by atoms with Gasteiger partial charge in [0.2, 0.25) is 0 Å². The zero-order chi connectivity index (χ0) is 16.5. The Labute approximate surface area is 142 Å². The number of anilines is 1. The van der Waals surface area contributed by atoms with Gasteiger partial charge in [0.25, 0.3) is 5.91 Å². The summed E-state index contributed by atoms with van der Waals surface area (Å²) in [5.74, 6) is -0.279. The molecule has 116 valence electrons. The Kier molecular flexibility index (Phi) is 4.94. The number of hydrogen-bond acceptors (Lipinski definition) is 3. The van der Waals surface area contributed by atoms with Gasteiger partial charge in [0.1, 0.15) is 0 Å². The summed E-state index contributed by atoms with van der Waals surface area (Å²) < 4.78 is 23.6. The zero-order valence-corrected chi connectivity index (χ0v) is 15.0. The fraction of sp³-hybridized carbons (Fsp3) is 0.133. The summed E-state index contributed by atoms with van der Waals surface area (Å²) in [6, 6.07) is 11.1. The predicted octanol–water partition coefficient (Wildman–Crippen LogP) is 3.78. The molecule has 0 saturated heterocycles. The fourth-order valence-electron chi connectivity index (χ4n) is 1.88. The molecule has 0 N–H and O–H groups in total.